The zero-order valence-electron chi connectivity index (χ0n) is 13.7. The number of halogens is 3. The Balaban J connectivity index is 1.85. The Morgan fingerprint density at radius 1 is 1.15 bits per heavy atom. The highest BCUT2D eigenvalue weighted by Crippen LogP contribution is 2.34. The van der Waals surface area contributed by atoms with Gasteiger partial charge in [0.25, 0.3) is 5.91 Å². The first-order valence-electron chi connectivity index (χ1n) is 7.76. The highest BCUT2D eigenvalue weighted by molar-refractivity contribution is 5.99. The number of hydrogen-bond donors (Lipinski definition) is 2. The van der Waals surface area contributed by atoms with Crippen LogP contribution >= 0.6 is 0 Å². The molecule has 5 nitrogen and oxygen atoms in total. The Hall–Kier alpha value is -3.03. The molecule has 1 atom stereocenters. The van der Waals surface area contributed by atoms with Crippen LogP contribution in [0.25, 0.3) is 11.1 Å². The van der Waals surface area contributed by atoms with E-state index in [1.165, 1.54) is 19.1 Å². The Bertz CT molecular complexity index is 848. The molecular formula is C18H15F3N2O3. The second-order valence-corrected chi connectivity index (χ2v) is 5.84. The fraction of sp³-hybridized carbons (Fsp3) is 0.222. The summed E-state index contributed by atoms with van der Waals surface area (Å²) in [4.78, 5) is 23.2. The lowest BCUT2D eigenvalue weighted by molar-refractivity contribution is -0.137. The van der Waals surface area contributed by atoms with Crippen molar-refractivity contribution in [2.24, 2.45) is 0 Å². The van der Waals surface area contributed by atoms with Crippen molar-refractivity contribution in [3.05, 3.63) is 48.0 Å². The molecule has 2 aromatic carbocycles. The van der Waals surface area contributed by atoms with Crippen LogP contribution in [0, 0.1) is 0 Å². The molecule has 1 unspecified atom stereocenters. The first-order chi connectivity index (χ1) is 12.2. The van der Waals surface area contributed by atoms with Crippen molar-refractivity contribution in [1.29, 1.82) is 0 Å². The fourth-order valence-corrected chi connectivity index (χ4v) is 2.60. The van der Waals surface area contributed by atoms with Gasteiger partial charge in [-0.05, 0) is 35.4 Å². The number of ether oxygens (including phenoxy) is 1. The summed E-state index contributed by atoms with van der Waals surface area (Å²) in [6, 6.07) is 8.86. The predicted molar refractivity (Wildman–Crippen MR) is 88.6 cm³/mol. The SMILES string of the molecule is CC(=O)NC1COc2cc(-c3ccc(C(F)(F)F)cc3)ccc2NC1=O. The van der Waals surface area contributed by atoms with E-state index in [4.69, 9.17) is 4.74 Å². The number of fused-ring (bicyclic) bond motifs is 1. The molecule has 3 rings (SSSR count). The van der Waals surface area contributed by atoms with Gasteiger partial charge in [0.05, 0.1) is 11.3 Å². The number of amides is 2. The zero-order valence-corrected chi connectivity index (χ0v) is 13.7. The topological polar surface area (TPSA) is 67.4 Å². The summed E-state index contributed by atoms with van der Waals surface area (Å²) >= 11 is 0. The third kappa shape index (κ3) is 3.79. The second-order valence-electron chi connectivity index (χ2n) is 5.84. The number of carbonyl (C=O) groups is 2. The van der Waals surface area contributed by atoms with E-state index in [2.05, 4.69) is 10.6 Å². The van der Waals surface area contributed by atoms with Gasteiger partial charge < -0.3 is 15.4 Å². The van der Waals surface area contributed by atoms with E-state index in [0.29, 0.717) is 22.6 Å². The molecule has 0 saturated heterocycles. The molecule has 1 aliphatic rings. The van der Waals surface area contributed by atoms with Gasteiger partial charge in [0.2, 0.25) is 5.91 Å². The zero-order chi connectivity index (χ0) is 18.9. The normalized spacial score (nSPS) is 16.8. The van der Waals surface area contributed by atoms with Gasteiger partial charge >= 0.3 is 6.18 Å². The van der Waals surface area contributed by atoms with Crippen LogP contribution in [0.1, 0.15) is 12.5 Å². The minimum atomic E-state index is -4.39. The molecule has 0 aliphatic carbocycles. The maximum absolute atomic E-state index is 12.7. The number of benzene rings is 2. The summed E-state index contributed by atoms with van der Waals surface area (Å²) < 4.78 is 43.6. The number of alkyl halides is 3. The number of anilines is 1. The van der Waals surface area contributed by atoms with E-state index in [1.54, 1.807) is 18.2 Å². The van der Waals surface area contributed by atoms with Crippen LogP contribution in [-0.4, -0.2) is 24.5 Å². The standard InChI is InChI=1S/C18H15F3N2O3/c1-10(24)22-15-9-26-16-8-12(4-7-14(16)23-17(15)25)11-2-5-13(6-3-11)18(19,20)21/h2-8,15H,9H2,1H3,(H,22,24)(H,23,25). The summed E-state index contributed by atoms with van der Waals surface area (Å²) in [6.07, 6.45) is -4.39. The van der Waals surface area contributed by atoms with Gasteiger partial charge in [0, 0.05) is 6.92 Å². The van der Waals surface area contributed by atoms with Crippen molar-refractivity contribution in [2.75, 3.05) is 11.9 Å². The van der Waals surface area contributed by atoms with Crippen LogP contribution in [0.4, 0.5) is 18.9 Å². The number of nitrogens with one attached hydrogen (secondary N) is 2. The quantitative estimate of drug-likeness (QED) is 0.860. The Morgan fingerprint density at radius 2 is 1.81 bits per heavy atom. The van der Waals surface area contributed by atoms with Crippen molar-refractivity contribution < 1.29 is 27.5 Å². The molecular weight excluding hydrogens is 349 g/mol. The van der Waals surface area contributed by atoms with Crippen molar-refractivity contribution >= 4 is 17.5 Å². The molecule has 0 spiro atoms. The number of carbonyl (C=O) groups excluding carboxylic acids is 2. The van der Waals surface area contributed by atoms with E-state index in [-0.39, 0.29) is 12.5 Å². The van der Waals surface area contributed by atoms with Crippen molar-refractivity contribution in [1.82, 2.24) is 5.32 Å². The molecule has 8 heteroatoms. The molecule has 0 fully saturated rings. The summed E-state index contributed by atoms with van der Waals surface area (Å²) in [7, 11) is 0. The Kier molecular flexibility index (Phi) is 4.58. The molecule has 0 aromatic heterocycles. The molecule has 0 saturated carbocycles. The third-order valence-corrected chi connectivity index (χ3v) is 3.88. The molecule has 2 N–H and O–H groups in total. The lowest BCUT2D eigenvalue weighted by Crippen LogP contribution is -2.45. The first-order valence-corrected chi connectivity index (χ1v) is 7.76. The van der Waals surface area contributed by atoms with Crippen LogP contribution in [0.2, 0.25) is 0 Å². The summed E-state index contributed by atoms with van der Waals surface area (Å²) in [6.45, 7) is 1.25. The maximum Gasteiger partial charge on any atom is 0.416 e. The summed E-state index contributed by atoms with van der Waals surface area (Å²) in [5.74, 6) is -0.380. The maximum atomic E-state index is 12.7. The van der Waals surface area contributed by atoms with Gasteiger partial charge in [-0.15, -0.1) is 0 Å². The second kappa shape index (κ2) is 6.70. The molecule has 2 amide bonds. The fourth-order valence-electron chi connectivity index (χ4n) is 2.60. The smallest absolute Gasteiger partial charge is 0.416 e. The molecule has 136 valence electrons. The Labute approximate surface area is 147 Å². The first kappa shape index (κ1) is 17.8. The minimum Gasteiger partial charge on any atom is -0.489 e. The van der Waals surface area contributed by atoms with Gasteiger partial charge in [0.15, 0.2) is 0 Å². The van der Waals surface area contributed by atoms with Crippen LogP contribution in [-0.2, 0) is 15.8 Å². The van der Waals surface area contributed by atoms with Crippen LogP contribution in [0.15, 0.2) is 42.5 Å². The lowest BCUT2D eigenvalue weighted by Gasteiger charge is -2.12. The van der Waals surface area contributed by atoms with E-state index in [0.717, 1.165) is 12.1 Å². The van der Waals surface area contributed by atoms with E-state index in [9.17, 15) is 22.8 Å². The molecule has 26 heavy (non-hydrogen) atoms. The van der Waals surface area contributed by atoms with E-state index >= 15 is 0 Å². The van der Waals surface area contributed by atoms with Crippen molar-refractivity contribution in [2.45, 2.75) is 19.1 Å². The van der Waals surface area contributed by atoms with Crippen molar-refractivity contribution in [3.8, 4) is 16.9 Å². The summed E-state index contributed by atoms with van der Waals surface area (Å²) in [5.41, 5.74) is 0.930. The van der Waals surface area contributed by atoms with E-state index < -0.39 is 23.7 Å². The van der Waals surface area contributed by atoms with Crippen LogP contribution < -0.4 is 15.4 Å². The van der Waals surface area contributed by atoms with Gasteiger partial charge in [-0.2, -0.15) is 13.2 Å². The molecule has 1 aliphatic heterocycles. The number of hydrogen-bond acceptors (Lipinski definition) is 3. The predicted octanol–water partition coefficient (Wildman–Crippen LogP) is 3.21. The van der Waals surface area contributed by atoms with Crippen molar-refractivity contribution in [3.63, 3.8) is 0 Å². The largest absolute Gasteiger partial charge is 0.489 e. The van der Waals surface area contributed by atoms with Gasteiger partial charge in [0.1, 0.15) is 18.4 Å². The lowest BCUT2D eigenvalue weighted by atomic mass is 10.0. The average Bonchev–Trinajstić information content (AvgIpc) is 2.72. The van der Waals surface area contributed by atoms with Crippen LogP contribution in [0.3, 0.4) is 0 Å². The van der Waals surface area contributed by atoms with Gasteiger partial charge in [-0.3, -0.25) is 9.59 Å². The molecule has 0 radical (unpaired) electrons. The summed E-state index contributed by atoms with van der Waals surface area (Å²) in [5, 5.41) is 5.15. The Morgan fingerprint density at radius 3 is 2.42 bits per heavy atom. The minimum absolute atomic E-state index is 0.0467. The van der Waals surface area contributed by atoms with Gasteiger partial charge in [-0.1, -0.05) is 18.2 Å². The van der Waals surface area contributed by atoms with E-state index in [1.807, 2.05) is 0 Å². The van der Waals surface area contributed by atoms with Crippen LogP contribution in [0.5, 0.6) is 5.75 Å². The highest BCUT2D eigenvalue weighted by atomic mass is 19.4. The number of rotatable bonds is 2. The molecule has 2 aromatic rings. The van der Waals surface area contributed by atoms with Gasteiger partial charge in [-0.25, -0.2) is 0 Å². The molecule has 1 heterocycles. The monoisotopic (exact) mass is 364 g/mol. The highest BCUT2D eigenvalue weighted by Gasteiger charge is 2.30. The average molecular weight is 364 g/mol. The molecule has 0 bridgehead atoms. The third-order valence-electron chi connectivity index (χ3n) is 3.88.